The first-order valence-electron chi connectivity index (χ1n) is 7.63. The number of nitrogens with one attached hydrogen (secondary N) is 1. The van der Waals surface area contributed by atoms with Gasteiger partial charge in [-0.15, -0.1) is 0 Å². The number of carbonyl (C=O) groups is 1. The van der Waals surface area contributed by atoms with Crippen LogP contribution >= 0.6 is 15.9 Å². The highest BCUT2D eigenvalue weighted by Crippen LogP contribution is 2.30. The number of benzene rings is 2. The third-order valence-corrected chi connectivity index (χ3v) is 5.67. The van der Waals surface area contributed by atoms with E-state index in [9.17, 15) is 17.6 Å². The standard InChI is InChI=1S/C17H16BrFN2O3S/c1-25(23,24)21-8-2-3-11-9-12(4-7-16(11)21)17(22)20-15-6-5-13(18)10-14(15)19/h4-7,9-10H,2-3,8H2,1H3,(H,20,22). The zero-order valence-corrected chi connectivity index (χ0v) is 15.8. The molecular formula is C17H16BrFN2O3S. The van der Waals surface area contributed by atoms with Gasteiger partial charge in [0.1, 0.15) is 5.82 Å². The van der Waals surface area contributed by atoms with Crippen LogP contribution in [0.25, 0.3) is 0 Å². The molecule has 2 aromatic rings. The second-order valence-corrected chi connectivity index (χ2v) is 8.68. The number of rotatable bonds is 3. The number of fused-ring (bicyclic) bond motifs is 1. The fourth-order valence-corrected chi connectivity index (χ4v) is 4.16. The molecule has 0 spiro atoms. The van der Waals surface area contributed by atoms with Gasteiger partial charge in [0.2, 0.25) is 10.0 Å². The number of halogens is 2. The molecule has 3 rings (SSSR count). The van der Waals surface area contributed by atoms with Crippen molar-refractivity contribution in [3.63, 3.8) is 0 Å². The Labute approximate surface area is 154 Å². The molecule has 1 amide bonds. The molecule has 0 fully saturated rings. The van der Waals surface area contributed by atoms with E-state index in [4.69, 9.17) is 0 Å². The normalized spacial score (nSPS) is 14.1. The molecule has 0 aromatic heterocycles. The number of amides is 1. The van der Waals surface area contributed by atoms with Crippen LogP contribution in [0.4, 0.5) is 15.8 Å². The largest absolute Gasteiger partial charge is 0.319 e. The van der Waals surface area contributed by atoms with Crippen molar-refractivity contribution >= 4 is 43.2 Å². The van der Waals surface area contributed by atoms with Crippen molar-refractivity contribution in [2.45, 2.75) is 12.8 Å². The highest BCUT2D eigenvalue weighted by molar-refractivity contribution is 9.10. The van der Waals surface area contributed by atoms with Gasteiger partial charge in [-0.2, -0.15) is 0 Å². The van der Waals surface area contributed by atoms with E-state index in [-0.39, 0.29) is 5.69 Å². The highest BCUT2D eigenvalue weighted by atomic mass is 79.9. The molecule has 0 unspecified atom stereocenters. The van der Waals surface area contributed by atoms with Crippen LogP contribution in [0.2, 0.25) is 0 Å². The van der Waals surface area contributed by atoms with Gasteiger partial charge in [-0.3, -0.25) is 9.10 Å². The molecule has 1 heterocycles. The number of carbonyl (C=O) groups excluding carboxylic acids is 1. The van der Waals surface area contributed by atoms with Crippen molar-refractivity contribution in [2.24, 2.45) is 0 Å². The molecule has 0 aliphatic carbocycles. The zero-order valence-electron chi connectivity index (χ0n) is 13.4. The topological polar surface area (TPSA) is 66.5 Å². The molecule has 0 atom stereocenters. The minimum absolute atomic E-state index is 0.0867. The molecule has 132 valence electrons. The predicted octanol–water partition coefficient (Wildman–Crippen LogP) is 3.55. The Morgan fingerprint density at radius 3 is 2.68 bits per heavy atom. The Morgan fingerprint density at radius 2 is 2.00 bits per heavy atom. The lowest BCUT2D eigenvalue weighted by atomic mass is 10.0. The van der Waals surface area contributed by atoms with Crippen LogP contribution in [-0.4, -0.2) is 27.1 Å². The van der Waals surface area contributed by atoms with Crippen molar-refractivity contribution in [1.29, 1.82) is 0 Å². The first-order valence-corrected chi connectivity index (χ1v) is 10.3. The molecule has 1 aliphatic rings. The average molecular weight is 427 g/mol. The first kappa shape index (κ1) is 17.9. The summed E-state index contributed by atoms with van der Waals surface area (Å²) in [5.41, 5.74) is 1.83. The van der Waals surface area contributed by atoms with Gasteiger partial charge in [-0.05, 0) is 54.8 Å². The summed E-state index contributed by atoms with van der Waals surface area (Å²) in [5, 5.41) is 2.54. The van der Waals surface area contributed by atoms with Gasteiger partial charge in [0.15, 0.2) is 0 Å². The minimum Gasteiger partial charge on any atom is -0.319 e. The fraction of sp³-hybridized carbons (Fsp3) is 0.235. The number of aryl methyl sites for hydroxylation is 1. The zero-order chi connectivity index (χ0) is 18.2. The average Bonchev–Trinajstić information content (AvgIpc) is 2.55. The van der Waals surface area contributed by atoms with E-state index in [0.717, 1.165) is 5.56 Å². The van der Waals surface area contributed by atoms with Gasteiger partial charge < -0.3 is 5.32 Å². The first-order chi connectivity index (χ1) is 11.8. The van der Waals surface area contributed by atoms with E-state index >= 15 is 0 Å². The van der Waals surface area contributed by atoms with Gasteiger partial charge >= 0.3 is 0 Å². The van der Waals surface area contributed by atoms with Crippen LogP contribution in [0, 0.1) is 5.82 Å². The van der Waals surface area contributed by atoms with Crippen LogP contribution in [0.15, 0.2) is 40.9 Å². The van der Waals surface area contributed by atoms with Crippen molar-refractivity contribution in [2.75, 3.05) is 22.4 Å². The van der Waals surface area contributed by atoms with E-state index in [2.05, 4.69) is 21.2 Å². The summed E-state index contributed by atoms with van der Waals surface area (Å²) in [6.07, 6.45) is 2.54. The molecule has 0 saturated carbocycles. The fourth-order valence-electron chi connectivity index (χ4n) is 2.83. The molecule has 25 heavy (non-hydrogen) atoms. The quantitative estimate of drug-likeness (QED) is 0.815. The Kier molecular flexibility index (Phi) is 4.83. The molecule has 5 nitrogen and oxygen atoms in total. The van der Waals surface area contributed by atoms with Crippen molar-refractivity contribution in [1.82, 2.24) is 0 Å². The summed E-state index contributed by atoms with van der Waals surface area (Å²) >= 11 is 3.16. The molecule has 8 heteroatoms. The maximum absolute atomic E-state index is 13.9. The van der Waals surface area contributed by atoms with Gasteiger partial charge in [-0.25, -0.2) is 12.8 Å². The number of sulfonamides is 1. The van der Waals surface area contributed by atoms with Crippen molar-refractivity contribution in [3.05, 3.63) is 57.8 Å². The highest BCUT2D eigenvalue weighted by Gasteiger charge is 2.24. The SMILES string of the molecule is CS(=O)(=O)N1CCCc2cc(C(=O)Nc3ccc(Br)cc3F)ccc21. The molecule has 0 saturated heterocycles. The van der Waals surface area contributed by atoms with Crippen LogP contribution in [0.5, 0.6) is 0 Å². The maximum Gasteiger partial charge on any atom is 0.255 e. The summed E-state index contributed by atoms with van der Waals surface area (Å²) in [4.78, 5) is 12.4. The van der Waals surface area contributed by atoms with E-state index < -0.39 is 21.7 Å². The minimum atomic E-state index is -3.35. The Balaban J connectivity index is 1.88. The van der Waals surface area contributed by atoms with Crippen LogP contribution in [0.3, 0.4) is 0 Å². The van der Waals surface area contributed by atoms with E-state index in [1.807, 2.05) is 0 Å². The summed E-state index contributed by atoms with van der Waals surface area (Å²) < 4.78 is 39.5. The van der Waals surface area contributed by atoms with Crippen LogP contribution in [0.1, 0.15) is 22.3 Å². The van der Waals surface area contributed by atoms with E-state index in [0.29, 0.717) is 35.1 Å². The second kappa shape index (κ2) is 6.76. The molecule has 1 aliphatic heterocycles. The van der Waals surface area contributed by atoms with Gasteiger partial charge in [0, 0.05) is 16.6 Å². The number of hydrogen-bond acceptors (Lipinski definition) is 3. The Bertz CT molecular complexity index is 947. The lowest BCUT2D eigenvalue weighted by Crippen LogP contribution is -2.34. The number of nitrogens with zero attached hydrogens (tertiary/aromatic N) is 1. The number of hydrogen-bond donors (Lipinski definition) is 1. The lowest BCUT2D eigenvalue weighted by Gasteiger charge is -2.29. The van der Waals surface area contributed by atoms with E-state index in [1.54, 1.807) is 24.3 Å². The summed E-state index contributed by atoms with van der Waals surface area (Å²) in [6.45, 7) is 0.432. The van der Waals surface area contributed by atoms with E-state index in [1.165, 1.54) is 22.7 Å². The van der Waals surface area contributed by atoms with Gasteiger partial charge in [0.25, 0.3) is 5.91 Å². The van der Waals surface area contributed by atoms with Gasteiger partial charge in [0.05, 0.1) is 17.6 Å². The summed E-state index contributed by atoms with van der Waals surface area (Å²) in [5.74, 6) is -0.982. The predicted molar refractivity (Wildman–Crippen MR) is 99.0 cm³/mol. The monoisotopic (exact) mass is 426 g/mol. The summed E-state index contributed by atoms with van der Waals surface area (Å²) in [6, 6.07) is 9.22. The van der Waals surface area contributed by atoms with Gasteiger partial charge in [-0.1, -0.05) is 15.9 Å². The van der Waals surface area contributed by atoms with Crippen molar-refractivity contribution < 1.29 is 17.6 Å². The Hall–Kier alpha value is -1.93. The second-order valence-electron chi connectivity index (χ2n) is 5.86. The van der Waals surface area contributed by atoms with Crippen LogP contribution < -0.4 is 9.62 Å². The molecule has 0 bridgehead atoms. The third-order valence-electron chi connectivity index (χ3n) is 4.00. The molecule has 0 radical (unpaired) electrons. The van der Waals surface area contributed by atoms with Crippen molar-refractivity contribution in [3.8, 4) is 0 Å². The Morgan fingerprint density at radius 1 is 1.24 bits per heavy atom. The molecule has 2 aromatic carbocycles. The van der Waals surface area contributed by atoms with Crippen LogP contribution in [-0.2, 0) is 16.4 Å². The summed E-state index contributed by atoms with van der Waals surface area (Å²) in [7, 11) is -3.35. The third kappa shape index (κ3) is 3.85. The smallest absolute Gasteiger partial charge is 0.255 e. The lowest BCUT2D eigenvalue weighted by molar-refractivity contribution is 0.102. The maximum atomic E-state index is 13.9. The number of anilines is 2. The molecule has 1 N–H and O–H groups in total. The molecular weight excluding hydrogens is 411 g/mol.